The minimum Gasteiger partial charge on any atom is -0.398 e. The number of hydrogen-bond acceptors (Lipinski definition) is 3. The highest BCUT2D eigenvalue weighted by Crippen LogP contribution is 2.34. The molecule has 112 valence electrons. The van der Waals surface area contributed by atoms with Crippen LogP contribution in [0.15, 0.2) is 42.5 Å². The summed E-state index contributed by atoms with van der Waals surface area (Å²) in [5.74, 6) is 4.97. The lowest BCUT2D eigenvalue weighted by atomic mass is 9.96. The first-order valence-electron chi connectivity index (χ1n) is 6.01. The lowest BCUT2D eigenvalue weighted by Gasteiger charge is -2.20. The second-order valence-corrected chi connectivity index (χ2v) is 4.49. The van der Waals surface area contributed by atoms with Crippen LogP contribution in [0.3, 0.4) is 0 Å². The summed E-state index contributed by atoms with van der Waals surface area (Å²) in [6.07, 6.45) is -4.48. The van der Waals surface area contributed by atoms with Crippen LogP contribution in [0.4, 0.5) is 23.2 Å². The Kier molecular flexibility index (Phi) is 4.15. The van der Waals surface area contributed by atoms with E-state index in [1.54, 1.807) is 0 Å². The molecule has 0 saturated heterocycles. The largest absolute Gasteiger partial charge is 0.416 e. The van der Waals surface area contributed by atoms with E-state index in [1.807, 2.05) is 0 Å². The Morgan fingerprint density at radius 3 is 2.14 bits per heavy atom. The number of nitrogens with two attached hydrogens (primary N) is 2. The molecule has 1 unspecified atom stereocenters. The van der Waals surface area contributed by atoms with Gasteiger partial charge in [0.15, 0.2) is 0 Å². The van der Waals surface area contributed by atoms with Crippen LogP contribution in [-0.4, -0.2) is 0 Å². The predicted molar refractivity (Wildman–Crippen MR) is 71.4 cm³/mol. The normalized spacial score (nSPS) is 13.2. The highest BCUT2D eigenvalue weighted by molar-refractivity contribution is 5.53. The highest BCUT2D eigenvalue weighted by atomic mass is 19.4. The molecule has 2 aromatic carbocycles. The quantitative estimate of drug-likeness (QED) is 0.353. The number of hydrogen-bond donors (Lipinski definition) is 3. The zero-order valence-corrected chi connectivity index (χ0v) is 10.8. The number of nitrogen functional groups attached to an aromatic ring is 1. The van der Waals surface area contributed by atoms with Gasteiger partial charge in [-0.1, -0.05) is 12.1 Å². The van der Waals surface area contributed by atoms with E-state index >= 15 is 0 Å². The Hall–Kier alpha value is -2.12. The summed E-state index contributed by atoms with van der Waals surface area (Å²) >= 11 is 0. The number of alkyl halides is 3. The van der Waals surface area contributed by atoms with Gasteiger partial charge in [-0.25, -0.2) is 9.82 Å². The number of halogens is 4. The smallest absolute Gasteiger partial charge is 0.398 e. The fraction of sp³-hybridized carbons (Fsp3) is 0.143. The molecular formula is C14H13F4N3. The Labute approximate surface area is 118 Å². The molecule has 0 spiro atoms. The molecule has 0 bridgehead atoms. The van der Waals surface area contributed by atoms with Crippen LogP contribution in [0.5, 0.6) is 0 Å². The molecule has 2 aromatic rings. The van der Waals surface area contributed by atoms with Gasteiger partial charge in [-0.2, -0.15) is 13.2 Å². The molecule has 0 aromatic heterocycles. The Morgan fingerprint density at radius 2 is 1.62 bits per heavy atom. The van der Waals surface area contributed by atoms with Crippen molar-refractivity contribution in [3.8, 4) is 0 Å². The summed E-state index contributed by atoms with van der Waals surface area (Å²) in [5, 5.41) is 0. The maximum absolute atomic E-state index is 12.9. The van der Waals surface area contributed by atoms with Gasteiger partial charge in [0.25, 0.3) is 0 Å². The zero-order valence-electron chi connectivity index (χ0n) is 10.8. The first-order valence-corrected chi connectivity index (χ1v) is 6.01. The van der Waals surface area contributed by atoms with Crippen molar-refractivity contribution in [1.29, 1.82) is 0 Å². The molecule has 0 heterocycles. The molecule has 0 aliphatic carbocycles. The van der Waals surface area contributed by atoms with Gasteiger partial charge in [0, 0.05) is 5.69 Å². The summed E-state index contributed by atoms with van der Waals surface area (Å²) in [4.78, 5) is 0. The molecule has 0 radical (unpaired) electrons. The molecule has 5 N–H and O–H groups in total. The van der Waals surface area contributed by atoms with Crippen molar-refractivity contribution in [1.82, 2.24) is 5.43 Å². The Morgan fingerprint density at radius 1 is 1.00 bits per heavy atom. The van der Waals surface area contributed by atoms with Gasteiger partial charge in [-0.15, -0.1) is 0 Å². The van der Waals surface area contributed by atoms with Crippen LogP contribution in [0.25, 0.3) is 0 Å². The van der Waals surface area contributed by atoms with Crippen LogP contribution in [0, 0.1) is 5.82 Å². The van der Waals surface area contributed by atoms with E-state index in [9.17, 15) is 17.6 Å². The molecule has 0 fully saturated rings. The van der Waals surface area contributed by atoms with Crippen molar-refractivity contribution in [2.24, 2.45) is 5.84 Å². The molecule has 0 aliphatic heterocycles. The standard InChI is InChI=1S/C14H13F4N3/c15-10-4-1-8(2-5-10)13(21-20)11-7-9(14(16,17)18)3-6-12(11)19/h1-7,13,21H,19-20H2. The second-order valence-electron chi connectivity index (χ2n) is 4.49. The van der Waals surface area contributed by atoms with E-state index in [4.69, 9.17) is 11.6 Å². The number of nitrogens with one attached hydrogen (secondary N) is 1. The molecule has 3 nitrogen and oxygen atoms in total. The highest BCUT2D eigenvalue weighted by Gasteiger charge is 2.31. The van der Waals surface area contributed by atoms with Crippen LogP contribution in [0.2, 0.25) is 0 Å². The molecular weight excluding hydrogens is 286 g/mol. The first kappa shape index (κ1) is 15.3. The van der Waals surface area contributed by atoms with Crippen molar-refractivity contribution >= 4 is 5.69 Å². The Balaban J connectivity index is 2.49. The molecule has 21 heavy (non-hydrogen) atoms. The summed E-state index contributed by atoms with van der Waals surface area (Å²) in [7, 11) is 0. The molecule has 1 atom stereocenters. The van der Waals surface area contributed by atoms with Crippen molar-refractivity contribution in [2.45, 2.75) is 12.2 Å². The third-order valence-electron chi connectivity index (χ3n) is 3.10. The fourth-order valence-electron chi connectivity index (χ4n) is 2.02. The van der Waals surface area contributed by atoms with E-state index in [-0.39, 0.29) is 11.3 Å². The van der Waals surface area contributed by atoms with Gasteiger partial charge in [0.1, 0.15) is 5.82 Å². The third kappa shape index (κ3) is 3.32. The zero-order chi connectivity index (χ0) is 15.6. The van der Waals surface area contributed by atoms with Gasteiger partial charge < -0.3 is 5.73 Å². The van der Waals surface area contributed by atoms with Crippen molar-refractivity contribution in [2.75, 3.05) is 5.73 Å². The second kappa shape index (κ2) is 5.71. The van der Waals surface area contributed by atoms with Gasteiger partial charge in [0.05, 0.1) is 11.6 Å². The van der Waals surface area contributed by atoms with Gasteiger partial charge in [-0.3, -0.25) is 5.84 Å². The molecule has 7 heteroatoms. The molecule has 2 rings (SSSR count). The maximum Gasteiger partial charge on any atom is 0.416 e. The molecule has 0 saturated carbocycles. The average Bonchev–Trinajstić information content (AvgIpc) is 2.42. The lowest BCUT2D eigenvalue weighted by Crippen LogP contribution is -2.29. The number of benzene rings is 2. The number of rotatable bonds is 3. The SMILES string of the molecule is NNC(c1ccc(F)cc1)c1cc(C(F)(F)F)ccc1N. The van der Waals surface area contributed by atoms with Crippen LogP contribution in [0.1, 0.15) is 22.7 Å². The first-order chi connectivity index (χ1) is 9.82. The van der Waals surface area contributed by atoms with E-state index in [1.165, 1.54) is 30.3 Å². The van der Waals surface area contributed by atoms with E-state index < -0.39 is 23.6 Å². The molecule has 0 amide bonds. The van der Waals surface area contributed by atoms with E-state index in [0.717, 1.165) is 12.1 Å². The van der Waals surface area contributed by atoms with E-state index in [2.05, 4.69) is 5.43 Å². The monoisotopic (exact) mass is 299 g/mol. The minimum atomic E-state index is -4.48. The number of anilines is 1. The van der Waals surface area contributed by atoms with Crippen molar-refractivity contribution in [3.05, 3.63) is 65.0 Å². The Bertz CT molecular complexity index is 623. The van der Waals surface area contributed by atoms with Gasteiger partial charge in [0.2, 0.25) is 0 Å². The summed E-state index contributed by atoms with van der Waals surface area (Å²) in [6.45, 7) is 0. The summed E-state index contributed by atoms with van der Waals surface area (Å²) in [6, 6.07) is 7.49. The lowest BCUT2D eigenvalue weighted by molar-refractivity contribution is -0.137. The molecule has 0 aliphatic rings. The predicted octanol–water partition coefficient (Wildman–Crippen LogP) is 2.98. The topological polar surface area (TPSA) is 64.1 Å². The van der Waals surface area contributed by atoms with E-state index in [0.29, 0.717) is 5.56 Å². The van der Waals surface area contributed by atoms with Gasteiger partial charge in [-0.05, 0) is 41.5 Å². The third-order valence-corrected chi connectivity index (χ3v) is 3.10. The maximum atomic E-state index is 12.9. The van der Waals surface area contributed by atoms with Crippen molar-refractivity contribution < 1.29 is 17.6 Å². The van der Waals surface area contributed by atoms with Crippen molar-refractivity contribution in [3.63, 3.8) is 0 Å². The minimum absolute atomic E-state index is 0.162. The fourth-order valence-corrected chi connectivity index (χ4v) is 2.02. The van der Waals surface area contributed by atoms with Gasteiger partial charge >= 0.3 is 6.18 Å². The van der Waals surface area contributed by atoms with Crippen LogP contribution < -0.4 is 17.0 Å². The summed E-state index contributed by atoms with van der Waals surface area (Å²) in [5.41, 5.74) is 8.16. The van der Waals surface area contributed by atoms with Crippen LogP contribution >= 0.6 is 0 Å². The summed E-state index contributed by atoms with van der Waals surface area (Å²) < 4.78 is 51.3. The number of hydrazine groups is 1. The average molecular weight is 299 g/mol. The van der Waals surface area contributed by atoms with Crippen LogP contribution in [-0.2, 0) is 6.18 Å².